The molecule has 0 unspecified atom stereocenters. The number of rotatable bonds is 7. The number of carbonyl (C=O) groups excluding carboxylic acids is 2. The maximum Gasteiger partial charge on any atom is 0.282 e. The van der Waals surface area contributed by atoms with E-state index in [4.69, 9.17) is 4.74 Å². The van der Waals surface area contributed by atoms with Gasteiger partial charge in [-0.15, -0.1) is 0 Å². The van der Waals surface area contributed by atoms with Gasteiger partial charge in [0.15, 0.2) is 0 Å². The van der Waals surface area contributed by atoms with Gasteiger partial charge in [0.2, 0.25) is 0 Å². The van der Waals surface area contributed by atoms with E-state index >= 15 is 0 Å². The van der Waals surface area contributed by atoms with Crippen molar-refractivity contribution in [2.24, 2.45) is 0 Å². The minimum absolute atomic E-state index is 0.110. The monoisotopic (exact) mass is 448 g/mol. The topological polar surface area (TPSA) is 49.9 Å². The molecule has 2 amide bonds. The molecule has 0 aromatic heterocycles. The zero-order chi connectivity index (χ0) is 23.5. The Morgan fingerprint density at radius 3 is 2.27 bits per heavy atom. The summed E-state index contributed by atoms with van der Waals surface area (Å²) in [5.41, 5.74) is 1.31. The smallest absolute Gasteiger partial charge is 0.282 e. The number of imide groups is 1. The normalized spacial score (nSPS) is 13.6. The van der Waals surface area contributed by atoms with Crippen LogP contribution in [0.4, 0.5) is 14.5 Å². The highest BCUT2D eigenvalue weighted by molar-refractivity contribution is 6.45. The lowest BCUT2D eigenvalue weighted by Crippen LogP contribution is -2.35. The second-order valence-electron chi connectivity index (χ2n) is 7.47. The van der Waals surface area contributed by atoms with Crippen molar-refractivity contribution >= 4 is 23.1 Å². The lowest BCUT2D eigenvalue weighted by Gasteiger charge is -2.25. The standard InChI is InChI=1S/C26H22F2N2O3/c1-3-29(16-17-9-5-4-6-10-17)24-23(19-11-7-8-12-22(19)33-2)25(31)30(26(24)32)21-14-13-18(27)15-20(21)28/h4-15H,3,16H2,1-2H3. The molecule has 33 heavy (non-hydrogen) atoms. The van der Waals surface area contributed by atoms with Crippen LogP contribution in [0.3, 0.4) is 0 Å². The van der Waals surface area contributed by atoms with Crippen LogP contribution in [0, 0.1) is 11.6 Å². The van der Waals surface area contributed by atoms with E-state index in [1.807, 2.05) is 37.3 Å². The molecular weight excluding hydrogens is 426 g/mol. The molecule has 1 aliphatic heterocycles. The van der Waals surface area contributed by atoms with E-state index in [1.165, 1.54) is 7.11 Å². The van der Waals surface area contributed by atoms with Gasteiger partial charge in [-0.25, -0.2) is 13.7 Å². The van der Waals surface area contributed by atoms with Crippen LogP contribution in [-0.2, 0) is 16.1 Å². The van der Waals surface area contributed by atoms with E-state index in [9.17, 15) is 18.4 Å². The molecule has 0 bridgehead atoms. The number of likely N-dealkylation sites (N-methyl/N-ethyl adjacent to an activating group) is 1. The van der Waals surface area contributed by atoms with Gasteiger partial charge in [0, 0.05) is 24.7 Å². The number of methoxy groups -OCH3 is 1. The third-order valence-corrected chi connectivity index (χ3v) is 5.50. The molecule has 0 atom stereocenters. The van der Waals surface area contributed by atoms with E-state index < -0.39 is 23.4 Å². The van der Waals surface area contributed by atoms with Gasteiger partial charge in [-0.2, -0.15) is 0 Å². The average molecular weight is 448 g/mol. The largest absolute Gasteiger partial charge is 0.496 e. The van der Waals surface area contributed by atoms with Gasteiger partial charge >= 0.3 is 0 Å². The minimum atomic E-state index is -0.997. The zero-order valence-corrected chi connectivity index (χ0v) is 18.2. The van der Waals surface area contributed by atoms with Gasteiger partial charge < -0.3 is 9.64 Å². The molecule has 0 saturated heterocycles. The molecular formula is C26H22F2N2O3. The van der Waals surface area contributed by atoms with Crippen molar-refractivity contribution < 1.29 is 23.1 Å². The number of amides is 2. The summed E-state index contributed by atoms with van der Waals surface area (Å²) >= 11 is 0. The number of hydrogen-bond donors (Lipinski definition) is 0. The van der Waals surface area contributed by atoms with Crippen LogP contribution in [-0.4, -0.2) is 30.4 Å². The predicted molar refractivity (Wildman–Crippen MR) is 121 cm³/mol. The predicted octanol–water partition coefficient (Wildman–Crippen LogP) is 4.78. The fourth-order valence-corrected chi connectivity index (χ4v) is 3.94. The van der Waals surface area contributed by atoms with Crippen LogP contribution >= 0.6 is 0 Å². The van der Waals surface area contributed by atoms with Crippen molar-refractivity contribution in [2.45, 2.75) is 13.5 Å². The maximum atomic E-state index is 14.6. The number of hydrogen-bond acceptors (Lipinski definition) is 4. The lowest BCUT2D eigenvalue weighted by molar-refractivity contribution is -0.120. The van der Waals surface area contributed by atoms with E-state index in [2.05, 4.69) is 0 Å². The first-order chi connectivity index (χ1) is 16.0. The van der Waals surface area contributed by atoms with Gasteiger partial charge in [-0.3, -0.25) is 9.59 Å². The molecule has 7 heteroatoms. The van der Waals surface area contributed by atoms with E-state index in [0.29, 0.717) is 30.5 Å². The molecule has 0 saturated carbocycles. The third-order valence-electron chi connectivity index (χ3n) is 5.50. The summed E-state index contributed by atoms with van der Waals surface area (Å²) in [4.78, 5) is 29.8. The van der Waals surface area contributed by atoms with Crippen LogP contribution in [0.2, 0.25) is 0 Å². The number of anilines is 1. The molecule has 1 aliphatic rings. The SMILES string of the molecule is CCN(Cc1ccccc1)C1=C(c2ccccc2OC)C(=O)N(c2ccc(F)cc2F)C1=O. The van der Waals surface area contributed by atoms with Crippen molar-refractivity contribution in [3.8, 4) is 5.75 Å². The second-order valence-corrected chi connectivity index (χ2v) is 7.47. The molecule has 1 heterocycles. The average Bonchev–Trinajstić information content (AvgIpc) is 3.08. The molecule has 0 radical (unpaired) electrons. The number of benzene rings is 3. The minimum Gasteiger partial charge on any atom is -0.496 e. The highest BCUT2D eigenvalue weighted by Gasteiger charge is 2.44. The van der Waals surface area contributed by atoms with E-state index in [1.54, 1.807) is 29.2 Å². The van der Waals surface area contributed by atoms with Gasteiger partial charge in [-0.1, -0.05) is 48.5 Å². The number of nitrogens with zero attached hydrogens (tertiary/aromatic N) is 2. The first-order valence-corrected chi connectivity index (χ1v) is 10.5. The molecule has 0 fully saturated rings. The van der Waals surface area contributed by atoms with Crippen LogP contribution in [0.1, 0.15) is 18.1 Å². The van der Waals surface area contributed by atoms with Gasteiger partial charge in [0.1, 0.15) is 23.1 Å². The first-order valence-electron chi connectivity index (χ1n) is 10.5. The molecule has 0 N–H and O–H groups in total. The van der Waals surface area contributed by atoms with Crippen LogP contribution in [0.15, 0.2) is 78.5 Å². The lowest BCUT2D eigenvalue weighted by atomic mass is 10.0. The molecule has 0 aliphatic carbocycles. The molecule has 3 aromatic rings. The van der Waals surface area contributed by atoms with Crippen molar-refractivity contribution in [1.29, 1.82) is 0 Å². The fraction of sp³-hybridized carbons (Fsp3) is 0.154. The Hall–Kier alpha value is -4.00. The van der Waals surface area contributed by atoms with E-state index in [-0.39, 0.29) is 17.0 Å². The summed E-state index contributed by atoms with van der Waals surface area (Å²) in [7, 11) is 1.47. The van der Waals surface area contributed by atoms with Gasteiger partial charge in [0.25, 0.3) is 11.8 Å². The summed E-state index contributed by atoms with van der Waals surface area (Å²) in [6.07, 6.45) is 0. The Morgan fingerprint density at radius 2 is 1.61 bits per heavy atom. The first kappa shape index (κ1) is 22.2. The maximum absolute atomic E-state index is 14.6. The molecule has 5 nitrogen and oxygen atoms in total. The highest BCUT2D eigenvalue weighted by Crippen LogP contribution is 2.39. The van der Waals surface area contributed by atoms with Crippen molar-refractivity contribution in [3.05, 3.63) is 101 Å². The summed E-state index contributed by atoms with van der Waals surface area (Å²) < 4.78 is 33.6. The Balaban J connectivity index is 1.89. The summed E-state index contributed by atoms with van der Waals surface area (Å²) in [5.74, 6) is -2.76. The van der Waals surface area contributed by atoms with Crippen LogP contribution in [0.25, 0.3) is 5.57 Å². The van der Waals surface area contributed by atoms with Crippen molar-refractivity contribution in [3.63, 3.8) is 0 Å². The molecule has 0 spiro atoms. The third kappa shape index (κ3) is 4.09. The van der Waals surface area contributed by atoms with Crippen LogP contribution < -0.4 is 9.64 Å². The molecule has 4 rings (SSSR count). The number of halogens is 2. The van der Waals surface area contributed by atoms with Crippen LogP contribution in [0.5, 0.6) is 5.75 Å². The summed E-state index contributed by atoms with van der Waals surface area (Å²) in [6.45, 7) is 2.65. The van der Waals surface area contributed by atoms with E-state index in [0.717, 1.165) is 22.6 Å². The quantitative estimate of drug-likeness (QED) is 0.488. The Kier molecular flexibility index (Phi) is 6.22. The summed E-state index contributed by atoms with van der Waals surface area (Å²) in [5, 5.41) is 0. The fourth-order valence-electron chi connectivity index (χ4n) is 3.94. The highest BCUT2D eigenvalue weighted by atomic mass is 19.1. The molecule has 168 valence electrons. The Labute approximate surface area is 190 Å². The number of ether oxygens (including phenoxy) is 1. The van der Waals surface area contributed by atoms with Gasteiger partial charge in [0.05, 0.1) is 18.4 Å². The van der Waals surface area contributed by atoms with Gasteiger partial charge in [-0.05, 0) is 30.7 Å². The number of para-hydroxylation sites is 1. The molecule has 3 aromatic carbocycles. The number of carbonyl (C=O) groups is 2. The second kappa shape index (κ2) is 9.24. The Morgan fingerprint density at radius 1 is 0.909 bits per heavy atom. The summed E-state index contributed by atoms with van der Waals surface area (Å²) in [6, 6.07) is 19.1. The van der Waals surface area contributed by atoms with Crippen molar-refractivity contribution in [2.75, 3.05) is 18.6 Å². The zero-order valence-electron chi connectivity index (χ0n) is 18.2. The Bertz CT molecular complexity index is 1240. The van der Waals surface area contributed by atoms with Crippen molar-refractivity contribution in [1.82, 2.24) is 4.90 Å².